The molecule has 3 rings (SSSR count). The molecule has 0 saturated heterocycles. The van der Waals surface area contributed by atoms with Crippen LogP contribution >= 0.6 is 11.3 Å². The normalized spacial score (nSPS) is 10.5. The maximum absolute atomic E-state index is 12.6. The van der Waals surface area contributed by atoms with E-state index in [4.69, 9.17) is 9.47 Å². The van der Waals surface area contributed by atoms with Crippen LogP contribution in [0.3, 0.4) is 0 Å². The summed E-state index contributed by atoms with van der Waals surface area (Å²) in [7, 11) is 0. The molecule has 30 heavy (non-hydrogen) atoms. The lowest BCUT2D eigenvalue weighted by molar-refractivity contribution is 0.0505. The standard InChI is InChI=1S/C23H24N2O4S/c1-4-13-28-23(27)17-7-9-18(10-8-17)25-22(26)21-16(3)24-20(30-21)14-29-19-11-5-15(2)6-12-19/h5-12H,4,13-14H2,1-3H3,(H,25,26). The van der Waals surface area contributed by atoms with Gasteiger partial charge in [-0.2, -0.15) is 0 Å². The molecule has 1 N–H and O–H groups in total. The molecule has 0 atom stereocenters. The third-order valence-corrected chi connectivity index (χ3v) is 5.38. The van der Waals surface area contributed by atoms with Crippen molar-refractivity contribution in [2.24, 2.45) is 0 Å². The van der Waals surface area contributed by atoms with Gasteiger partial charge in [-0.1, -0.05) is 24.6 Å². The smallest absolute Gasteiger partial charge is 0.338 e. The predicted molar refractivity (Wildman–Crippen MR) is 117 cm³/mol. The van der Waals surface area contributed by atoms with Gasteiger partial charge in [-0.15, -0.1) is 11.3 Å². The monoisotopic (exact) mass is 424 g/mol. The van der Waals surface area contributed by atoms with Gasteiger partial charge in [0.1, 0.15) is 22.2 Å². The number of nitrogens with zero attached hydrogens (tertiary/aromatic N) is 1. The second-order valence-electron chi connectivity index (χ2n) is 6.79. The number of aromatic nitrogens is 1. The highest BCUT2D eigenvalue weighted by Gasteiger charge is 2.16. The maximum Gasteiger partial charge on any atom is 0.338 e. The average molecular weight is 425 g/mol. The van der Waals surface area contributed by atoms with E-state index in [0.29, 0.717) is 35.0 Å². The van der Waals surface area contributed by atoms with Crippen LogP contribution in [0.5, 0.6) is 5.75 Å². The number of aryl methyl sites for hydroxylation is 2. The maximum atomic E-state index is 12.6. The van der Waals surface area contributed by atoms with Gasteiger partial charge in [0.2, 0.25) is 0 Å². The molecule has 0 fully saturated rings. The van der Waals surface area contributed by atoms with Crippen LogP contribution in [-0.2, 0) is 11.3 Å². The molecule has 0 bridgehead atoms. The van der Waals surface area contributed by atoms with Gasteiger partial charge in [0.25, 0.3) is 5.91 Å². The first-order valence-electron chi connectivity index (χ1n) is 9.70. The van der Waals surface area contributed by atoms with Crippen molar-refractivity contribution in [3.05, 3.63) is 75.2 Å². The molecule has 0 unspecified atom stereocenters. The Morgan fingerprint density at radius 3 is 2.40 bits per heavy atom. The van der Waals surface area contributed by atoms with E-state index in [2.05, 4.69) is 10.3 Å². The molecule has 0 aliphatic rings. The van der Waals surface area contributed by atoms with Crippen molar-refractivity contribution in [3.8, 4) is 5.75 Å². The minimum Gasteiger partial charge on any atom is -0.486 e. The van der Waals surface area contributed by atoms with Crippen molar-refractivity contribution in [1.29, 1.82) is 0 Å². The van der Waals surface area contributed by atoms with Gasteiger partial charge in [-0.3, -0.25) is 4.79 Å². The van der Waals surface area contributed by atoms with Gasteiger partial charge in [-0.05, 0) is 56.7 Å². The van der Waals surface area contributed by atoms with E-state index in [1.165, 1.54) is 11.3 Å². The van der Waals surface area contributed by atoms with Gasteiger partial charge >= 0.3 is 5.97 Å². The number of carbonyl (C=O) groups is 2. The summed E-state index contributed by atoms with van der Waals surface area (Å²) in [4.78, 5) is 29.5. The largest absolute Gasteiger partial charge is 0.486 e. The third kappa shape index (κ3) is 5.67. The van der Waals surface area contributed by atoms with E-state index < -0.39 is 0 Å². The molecule has 3 aromatic rings. The van der Waals surface area contributed by atoms with Crippen LogP contribution in [0.25, 0.3) is 0 Å². The number of rotatable bonds is 8. The zero-order valence-electron chi connectivity index (χ0n) is 17.2. The number of hydrogen-bond donors (Lipinski definition) is 1. The summed E-state index contributed by atoms with van der Waals surface area (Å²) in [5, 5.41) is 3.57. The lowest BCUT2D eigenvalue weighted by Crippen LogP contribution is -2.12. The van der Waals surface area contributed by atoms with Crippen LogP contribution < -0.4 is 10.1 Å². The summed E-state index contributed by atoms with van der Waals surface area (Å²) in [5.74, 6) is 0.149. The van der Waals surface area contributed by atoms with E-state index in [-0.39, 0.29) is 11.9 Å². The number of benzene rings is 2. The topological polar surface area (TPSA) is 77.5 Å². The molecular formula is C23H24N2O4S. The molecule has 6 nitrogen and oxygen atoms in total. The lowest BCUT2D eigenvalue weighted by Gasteiger charge is -2.06. The number of ether oxygens (including phenoxy) is 2. The quantitative estimate of drug-likeness (QED) is 0.506. The van der Waals surface area contributed by atoms with Gasteiger partial charge in [-0.25, -0.2) is 9.78 Å². The molecule has 1 heterocycles. The van der Waals surface area contributed by atoms with E-state index in [1.54, 1.807) is 31.2 Å². The van der Waals surface area contributed by atoms with Gasteiger partial charge in [0.15, 0.2) is 0 Å². The van der Waals surface area contributed by atoms with Gasteiger partial charge in [0, 0.05) is 5.69 Å². The molecule has 0 radical (unpaired) electrons. The van der Waals surface area contributed by atoms with Crippen molar-refractivity contribution in [2.75, 3.05) is 11.9 Å². The summed E-state index contributed by atoms with van der Waals surface area (Å²) in [6, 6.07) is 14.4. The van der Waals surface area contributed by atoms with E-state index in [9.17, 15) is 9.59 Å². The number of anilines is 1. The molecule has 0 saturated carbocycles. The van der Waals surface area contributed by atoms with Gasteiger partial charge < -0.3 is 14.8 Å². The molecule has 1 amide bonds. The molecule has 0 spiro atoms. The third-order valence-electron chi connectivity index (χ3n) is 4.25. The highest BCUT2D eigenvalue weighted by atomic mass is 32.1. The summed E-state index contributed by atoms with van der Waals surface area (Å²) in [5.41, 5.74) is 2.86. The number of carbonyl (C=O) groups excluding carboxylic acids is 2. The summed E-state index contributed by atoms with van der Waals surface area (Å²) in [6.45, 7) is 6.44. The Kier molecular flexibility index (Phi) is 7.19. The zero-order chi connectivity index (χ0) is 21.5. The highest BCUT2D eigenvalue weighted by Crippen LogP contribution is 2.22. The first kappa shape index (κ1) is 21.5. The molecule has 2 aromatic carbocycles. The first-order chi connectivity index (χ1) is 14.5. The zero-order valence-corrected chi connectivity index (χ0v) is 18.0. The summed E-state index contributed by atoms with van der Waals surface area (Å²) < 4.78 is 10.9. The van der Waals surface area contributed by atoms with Gasteiger partial charge in [0.05, 0.1) is 17.9 Å². The molecular weight excluding hydrogens is 400 g/mol. The SMILES string of the molecule is CCCOC(=O)c1ccc(NC(=O)c2sc(COc3ccc(C)cc3)nc2C)cc1. The van der Waals surface area contributed by atoms with Crippen LogP contribution in [0.4, 0.5) is 5.69 Å². The van der Waals surface area contributed by atoms with E-state index >= 15 is 0 Å². The number of hydrogen-bond acceptors (Lipinski definition) is 6. The number of thiazole rings is 1. The lowest BCUT2D eigenvalue weighted by atomic mass is 10.2. The Balaban J connectivity index is 1.60. The fourth-order valence-corrected chi connectivity index (χ4v) is 3.53. The Morgan fingerprint density at radius 1 is 1.03 bits per heavy atom. The second kappa shape index (κ2) is 10.0. The highest BCUT2D eigenvalue weighted by molar-refractivity contribution is 7.13. The number of amides is 1. The number of nitrogens with one attached hydrogen (secondary N) is 1. The summed E-state index contributed by atoms with van der Waals surface area (Å²) >= 11 is 1.30. The average Bonchev–Trinajstić information content (AvgIpc) is 3.13. The molecule has 1 aromatic heterocycles. The van der Waals surface area contributed by atoms with E-state index in [1.807, 2.05) is 38.1 Å². The number of esters is 1. The molecule has 0 aliphatic carbocycles. The Labute approximate surface area is 179 Å². The molecule has 156 valence electrons. The molecule has 0 aliphatic heterocycles. The van der Waals surface area contributed by atoms with Crippen LogP contribution in [0.1, 0.15) is 49.6 Å². The predicted octanol–water partition coefficient (Wildman–Crippen LogP) is 5.16. The summed E-state index contributed by atoms with van der Waals surface area (Å²) in [6.07, 6.45) is 0.770. The first-order valence-corrected chi connectivity index (χ1v) is 10.5. The van der Waals surface area contributed by atoms with Crippen LogP contribution in [0, 0.1) is 13.8 Å². The van der Waals surface area contributed by atoms with Crippen LogP contribution in [-0.4, -0.2) is 23.5 Å². The van der Waals surface area contributed by atoms with Crippen molar-refractivity contribution in [2.45, 2.75) is 33.8 Å². The van der Waals surface area contributed by atoms with E-state index in [0.717, 1.165) is 22.7 Å². The van der Waals surface area contributed by atoms with Crippen LogP contribution in [0.15, 0.2) is 48.5 Å². The van der Waals surface area contributed by atoms with Crippen molar-refractivity contribution in [3.63, 3.8) is 0 Å². The minimum atomic E-state index is -0.369. The van der Waals surface area contributed by atoms with Crippen molar-refractivity contribution in [1.82, 2.24) is 4.98 Å². The van der Waals surface area contributed by atoms with Crippen molar-refractivity contribution >= 4 is 28.9 Å². The molecule has 7 heteroatoms. The Hall–Kier alpha value is -3.19. The fraction of sp³-hybridized carbons (Fsp3) is 0.261. The fourth-order valence-electron chi connectivity index (χ4n) is 2.66. The second-order valence-corrected chi connectivity index (χ2v) is 7.87. The van der Waals surface area contributed by atoms with Crippen LogP contribution in [0.2, 0.25) is 0 Å². The van der Waals surface area contributed by atoms with Crippen molar-refractivity contribution < 1.29 is 19.1 Å². The minimum absolute atomic E-state index is 0.243. The Bertz CT molecular complexity index is 1010. The Morgan fingerprint density at radius 2 is 1.73 bits per heavy atom.